The van der Waals surface area contributed by atoms with E-state index in [0.717, 1.165) is 35.9 Å². The van der Waals surface area contributed by atoms with Gasteiger partial charge in [0.25, 0.3) is 0 Å². The second kappa shape index (κ2) is 9.11. The molecule has 1 aliphatic heterocycles. The predicted molar refractivity (Wildman–Crippen MR) is 108 cm³/mol. The number of aromatic nitrogens is 3. The number of nitrogens with one attached hydrogen (secondary N) is 1. The lowest BCUT2D eigenvalue weighted by atomic mass is 10.2. The lowest BCUT2D eigenvalue weighted by molar-refractivity contribution is 0.415. The highest BCUT2D eigenvalue weighted by atomic mass is 127. The number of guanidine groups is 1. The molecule has 1 aromatic carbocycles. The zero-order valence-electron chi connectivity index (χ0n) is 13.4. The SMILES string of the molecule is COc1ccc(-c2n[nH]c(CN=C(N)N3CCSCC3)n2)cc1.I. The van der Waals surface area contributed by atoms with Crippen LogP contribution < -0.4 is 10.5 Å². The van der Waals surface area contributed by atoms with Crippen LogP contribution in [0.15, 0.2) is 29.3 Å². The summed E-state index contributed by atoms with van der Waals surface area (Å²) >= 11 is 1.94. The molecule has 1 aromatic heterocycles. The molecule has 3 rings (SSSR count). The quantitative estimate of drug-likeness (QED) is 0.412. The number of thioether (sulfide) groups is 1. The van der Waals surface area contributed by atoms with Crippen LogP contribution in [0.4, 0.5) is 0 Å². The molecule has 1 fully saturated rings. The molecule has 130 valence electrons. The first kappa shape index (κ1) is 18.8. The van der Waals surface area contributed by atoms with E-state index in [1.807, 2.05) is 36.0 Å². The molecule has 1 aliphatic rings. The number of hydrogen-bond donors (Lipinski definition) is 2. The third-order valence-corrected chi connectivity index (χ3v) is 4.55. The van der Waals surface area contributed by atoms with Crippen molar-refractivity contribution in [1.82, 2.24) is 20.1 Å². The van der Waals surface area contributed by atoms with Gasteiger partial charge in [-0.05, 0) is 24.3 Å². The maximum atomic E-state index is 6.04. The fourth-order valence-corrected chi connectivity index (χ4v) is 3.19. The summed E-state index contributed by atoms with van der Waals surface area (Å²) in [6, 6.07) is 7.62. The van der Waals surface area contributed by atoms with Crippen molar-refractivity contribution >= 4 is 41.7 Å². The Kier molecular flexibility index (Phi) is 7.16. The molecule has 24 heavy (non-hydrogen) atoms. The van der Waals surface area contributed by atoms with Crippen molar-refractivity contribution in [3.8, 4) is 17.1 Å². The molecule has 3 N–H and O–H groups in total. The maximum absolute atomic E-state index is 6.04. The number of aliphatic imine (C=N–C) groups is 1. The molecule has 2 aromatic rings. The van der Waals surface area contributed by atoms with Gasteiger partial charge in [-0.2, -0.15) is 16.9 Å². The van der Waals surface area contributed by atoms with Crippen LogP contribution >= 0.6 is 35.7 Å². The first-order chi connectivity index (χ1) is 11.3. The van der Waals surface area contributed by atoms with E-state index < -0.39 is 0 Å². The minimum absolute atomic E-state index is 0. The molecule has 9 heteroatoms. The number of H-pyrrole nitrogens is 1. The average molecular weight is 460 g/mol. The number of methoxy groups -OCH3 is 1. The lowest BCUT2D eigenvalue weighted by Crippen LogP contribution is -2.42. The van der Waals surface area contributed by atoms with Crippen molar-refractivity contribution in [2.75, 3.05) is 31.7 Å². The Hall–Kier alpha value is -1.49. The number of rotatable bonds is 4. The standard InChI is InChI=1S/C15H20N6OS.HI/c1-22-12-4-2-11(3-5-12)14-18-13(19-20-14)10-17-15(16)21-6-8-23-9-7-21;/h2-5H,6-10H2,1H3,(H2,16,17)(H,18,19,20);1H. The van der Waals surface area contributed by atoms with E-state index in [2.05, 4.69) is 25.1 Å². The van der Waals surface area contributed by atoms with Gasteiger partial charge in [0.15, 0.2) is 11.8 Å². The van der Waals surface area contributed by atoms with Gasteiger partial charge >= 0.3 is 0 Å². The Labute approximate surface area is 162 Å². The zero-order valence-corrected chi connectivity index (χ0v) is 16.6. The highest BCUT2D eigenvalue weighted by molar-refractivity contribution is 14.0. The van der Waals surface area contributed by atoms with Gasteiger partial charge in [-0.3, -0.25) is 5.10 Å². The molecule has 7 nitrogen and oxygen atoms in total. The molecule has 0 aliphatic carbocycles. The predicted octanol–water partition coefficient (Wildman–Crippen LogP) is 1.96. The van der Waals surface area contributed by atoms with Crippen LogP contribution in [0.2, 0.25) is 0 Å². The highest BCUT2D eigenvalue weighted by Crippen LogP contribution is 2.19. The van der Waals surface area contributed by atoms with Crippen LogP contribution in [-0.4, -0.2) is 57.7 Å². The van der Waals surface area contributed by atoms with Crippen LogP contribution in [0.3, 0.4) is 0 Å². The first-order valence-electron chi connectivity index (χ1n) is 7.44. The Morgan fingerprint density at radius 1 is 1.33 bits per heavy atom. The van der Waals surface area contributed by atoms with Gasteiger partial charge in [0, 0.05) is 30.2 Å². The third-order valence-electron chi connectivity index (χ3n) is 3.61. The normalized spacial score (nSPS) is 15.0. The maximum Gasteiger partial charge on any atom is 0.191 e. The topological polar surface area (TPSA) is 92.4 Å². The van der Waals surface area contributed by atoms with Crippen LogP contribution in [0.1, 0.15) is 5.82 Å². The van der Waals surface area contributed by atoms with E-state index in [1.165, 1.54) is 0 Å². The number of benzene rings is 1. The molecule has 2 heterocycles. The molecule has 0 unspecified atom stereocenters. The van der Waals surface area contributed by atoms with Gasteiger partial charge in [-0.1, -0.05) is 0 Å². The molecule has 0 amide bonds. The fourth-order valence-electron chi connectivity index (χ4n) is 2.28. The average Bonchev–Trinajstić information content (AvgIpc) is 3.09. The monoisotopic (exact) mass is 460 g/mol. The summed E-state index contributed by atoms with van der Waals surface area (Å²) in [7, 11) is 1.64. The van der Waals surface area contributed by atoms with Gasteiger partial charge in [-0.15, -0.1) is 24.0 Å². The fraction of sp³-hybridized carbons (Fsp3) is 0.400. The number of nitrogens with zero attached hydrogens (tertiary/aromatic N) is 4. The summed E-state index contributed by atoms with van der Waals surface area (Å²) in [5, 5.41) is 7.14. The van der Waals surface area contributed by atoms with E-state index in [4.69, 9.17) is 10.5 Å². The van der Waals surface area contributed by atoms with E-state index in [1.54, 1.807) is 7.11 Å². The van der Waals surface area contributed by atoms with Crippen molar-refractivity contribution in [3.05, 3.63) is 30.1 Å². The molecule has 0 bridgehead atoms. The third kappa shape index (κ3) is 4.76. The number of halogens is 1. The van der Waals surface area contributed by atoms with Gasteiger partial charge in [0.1, 0.15) is 18.1 Å². The zero-order chi connectivity index (χ0) is 16.1. The lowest BCUT2D eigenvalue weighted by Gasteiger charge is -2.27. The molecular weight excluding hydrogens is 439 g/mol. The van der Waals surface area contributed by atoms with Gasteiger partial charge in [-0.25, -0.2) is 9.98 Å². The Morgan fingerprint density at radius 3 is 2.71 bits per heavy atom. The molecule has 0 atom stereocenters. The van der Waals surface area contributed by atoms with Crippen LogP contribution in [-0.2, 0) is 6.54 Å². The number of aromatic amines is 1. The van der Waals surface area contributed by atoms with Gasteiger partial charge < -0.3 is 15.4 Å². The van der Waals surface area contributed by atoms with Crippen LogP contribution in [0, 0.1) is 0 Å². The Morgan fingerprint density at radius 2 is 2.04 bits per heavy atom. The molecule has 1 saturated heterocycles. The minimum atomic E-state index is 0. The van der Waals surface area contributed by atoms with E-state index >= 15 is 0 Å². The van der Waals surface area contributed by atoms with Gasteiger partial charge in [0.2, 0.25) is 0 Å². The van der Waals surface area contributed by atoms with Crippen molar-refractivity contribution in [3.63, 3.8) is 0 Å². The summed E-state index contributed by atoms with van der Waals surface area (Å²) in [4.78, 5) is 11.0. The Balaban J connectivity index is 0.00000208. The molecule has 0 saturated carbocycles. The van der Waals surface area contributed by atoms with Gasteiger partial charge in [0.05, 0.1) is 7.11 Å². The van der Waals surface area contributed by atoms with Crippen molar-refractivity contribution in [2.45, 2.75) is 6.54 Å². The number of nitrogens with two attached hydrogens (primary N) is 1. The Bertz CT molecular complexity index is 669. The van der Waals surface area contributed by atoms with Crippen molar-refractivity contribution < 1.29 is 4.74 Å². The summed E-state index contributed by atoms with van der Waals surface area (Å²) < 4.78 is 5.15. The first-order valence-corrected chi connectivity index (χ1v) is 8.60. The van der Waals surface area contributed by atoms with Crippen molar-refractivity contribution in [1.29, 1.82) is 0 Å². The smallest absolute Gasteiger partial charge is 0.191 e. The van der Waals surface area contributed by atoms with Crippen LogP contribution in [0.25, 0.3) is 11.4 Å². The summed E-state index contributed by atoms with van der Waals surface area (Å²) in [6.07, 6.45) is 0. The summed E-state index contributed by atoms with van der Waals surface area (Å²) in [6.45, 7) is 2.31. The molecule has 0 spiro atoms. The second-order valence-corrected chi connectivity index (χ2v) is 6.33. The number of ether oxygens (including phenoxy) is 1. The van der Waals surface area contributed by atoms with E-state index in [0.29, 0.717) is 24.2 Å². The largest absolute Gasteiger partial charge is 0.497 e. The number of hydrogen-bond acceptors (Lipinski definition) is 5. The summed E-state index contributed by atoms with van der Waals surface area (Å²) in [5.74, 6) is 4.92. The van der Waals surface area contributed by atoms with Crippen molar-refractivity contribution in [2.24, 2.45) is 10.7 Å². The van der Waals surface area contributed by atoms with E-state index in [-0.39, 0.29) is 24.0 Å². The highest BCUT2D eigenvalue weighted by Gasteiger charge is 2.12. The molecule has 0 radical (unpaired) electrons. The van der Waals surface area contributed by atoms with E-state index in [9.17, 15) is 0 Å². The molecular formula is C15H21IN6OS. The second-order valence-electron chi connectivity index (χ2n) is 5.11. The minimum Gasteiger partial charge on any atom is -0.497 e. The summed E-state index contributed by atoms with van der Waals surface area (Å²) in [5.41, 5.74) is 6.97. The van der Waals surface area contributed by atoms with Crippen LogP contribution in [0.5, 0.6) is 5.75 Å².